The van der Waals surface area contributed by atoms with Crippen LogP contribution in [0.4, 0.5) is 16.0 Å². The molecule has 5 rings (SSSR count). The molecule has 0 saturated carbocycles. The maximum absolute atomic E-state index is 13.7. The number of amides is 1. The standard InChI is InChI=1S/C25H19ClFN5O/c1-15-21(24(33)29-20-8-3-2-4-9-20)22(16-10-12-19(27)13-11-16)32-25(28-15)30-23(31-32)17-6-5-7-18(26)14-17/h2-14,22H,1H3,(H,29,33)(H,28,30,31). The van der Waals surface area contributed by atoms with Gasteiger partial charge in [-0.2, -0.15) is 4.98 Å². The molecule has 8 heteroatoms. The fourth-order valence-electron chi connectivity index (χ4n) is 3.87. The third-order valence-corrected chi connectivity index (χ3v) is 5.63. The molecular weight excluding hydrogens is 441 g/mol. The lowest BCUT2D eigenvalue weighted by atomic mass is 9.95. The molecule has 1 aliphatic rings. The molecule has 164 valence electrons. The van der Waals surface area contributed by atoms with Crippen molar-refractivity contribution in [3.63, 3.8) is 0 Å². The highest BCUT2D eigenvalue weighted by molar-refractivity contribution is 6.30. The minimum Gasteiger partial charge on any atom is -0.328 e. The number of nitrogens with one attached hydrogen (secondary N) is 2. The molecule has 0 spiro atoms. The van der Waals surface area contributed by atoms with E-state index in [9.17, 15) is 9.18 Å². The van der Waals surface area contributed by atoms with Crippen LogP contribution in [-0.4, -0.2) is 20.7 Å². The monoisotopic (exact) mass is 459 g/mol. The average molecular weight is 460 g/mol. The molecular formula is C25H19ClFN5O. The predicted molar refractivity (Wildman–Crippen MR) is 126 cm³/mol. The molecule has 1 aromatic heterocycles. The van der Waals surface area contributed by atoms with Crippen LogP contribution < -0.4 is 10.6 Å². The largest absolute Gasteiger partial charge is 0.328 e. The third-order valence-electron chi connectivity index (χ3n) is 5.40. The number of para-hydroxylation sites is 1. The van der Waals surface area contributed by atoms with E-state index in [1.807, 2.05) is 49.4 Å². The van der Waals surface area contributed by atoms with Crippen LogP contribution >= 0.6 is 11.6 Å². The van der Waals surface area contributed by atoms with Crippen LogP contribution in [0.25, 0.3) is 11.4 Å². The lowest BCUT2D eigenvalue weighted by Gasteiger charge is -2.28. The fourth-order valence-corrected chi connectivity index (χ4v) is 4.06. The van der Waals surface area contributed by atoms with Crippen molar-refractivity contribution in [2.24, 2.45) is 0 Å². The Morgan fingerprint density at radius 2 is 1.82 bits per heavy atom. The summed E-state index contributed by atoms with van der Waals surface area (Å²) >= 11 is 6.15. The van der Waals surface area contributed by atoms with Gasteiger partial charge in [0.05, 0.1) is 5.57 Å². The van der Waals surface area contributed by atoms with Gasteiger partial charge in [0, 0.05) is 22.0 Å². The minimum absolute atomic E-state index is 0.286. The van der Waals surface area contributed by atoms with Crippen molar-refractivity contribution in [3.05, 3.63) is 107 Å². The fraction of sp³-hybridized carbons (Fsp3) is 0.0800. The number of hydrogen-bond acceptors (Lipinski definition) is 4. The van der Waals surface area contributed by atoms with Crippen LogP contribution in [0, 0.1) is 5.82 Å². The first-order valence-corrected chi connectivity index (χ1v) is 10.7. The van der Waals surface area contributed by atoms with E-state index in [0.29, 0.717) is 39.3 Å². The lowest BCUT2D eigenvalue weighted by molar-refractivity contribution is -0.113. The smallest absolute Gasteiger partial charge is 0.255 e. The molecule has 4 aromatic rings. The number of carbonyl (C=O) groups is 1. The van der Waals surface area contributed by atoms with Crippen LogP contribution in [-0.2, 0) is 4.79 Å². The van der Waals surface area contributed by atoms with E-state index in [1.54, 1.807) is 28.9 Å². The van der Waals surface area contributed by atoms with Crippen LogP contribution in [0.5, 0.6) is 0 Å². The van der Waals surface area contributed by atoms with Gasteiger partial charge in [-0.15, -0.1) is 5.10 Å². The molecule has 2 N–H and O–H groups in total. The summed E-state index contributed by atoms with van der Waals surface area (Å²) in [5, 5.41) is 11.4. The first-order chi connectivity index (χ1) is 16.0. The third kappa shape index (κ3) is 4.10. The van der Waals surface area contributed by atoms with E-state index >= 15 is 0 Å². The van der Waals surface area contributed by atoms with E-state index in [2.05, 4.69) is 15.6 Å². The number of halogens is 2. The molecule has 6 nitrogen and oxygen atoms in total. The highest BCUT2D eigenvalue weighted by Gasteiger charge is 2.34. The molecule has 3 aromatic carbocycles. The summed E-state index contributed by atoms with van der Waals surface area (Å²) in [6.45, 7) is 1.81. The van der Waals surface area contributed by atoms with Crippen molar-refractivity contribution in [2.75, 3.05) is 10.6 Å². The zero-order chi connectivity index (χ0) is 22.9. The van der Waals surface area contributed by atoms with Gasteiger partial charge in [-0.1, -0.05) is 54.1 Å². The second-order valence-corrected chi connectivity index (χ2v) is 8.09. The number of rotatable bonds is 4. The summed E-state index contributed by atoms with van der Waals surface area (Å²) < 4.78 is 15.3. The van der Waals surface area contributed by atoms with Crippen molar-refractivity contribution < 1.29 is 9.18 Å². The number of nitrogens with zero attached hydrogens (tertiary/aromatic N) is 3. The topological polar surface area (TPSA) is 71.8 Å². The summed E-state index contributed by atoms with van der Waals surface area (Å²) in [5.41, 5.74) is 3.22. The van der Waals surface area contributed by atoms with Gasteiger partial charge in [-0.05, 0) is 48.9 Å². The Hall–Kier alpha value is -3.97. The van der Waals surface area contributed by atoms with Crippen LogP contribution in [0.15, 0.2) is 90.1 Å². The second kappa shape index (κ2) is 8.52. The quantitative estimate of drug-likeness (QED) is 0.412. The van der Waals surface area contributed by atoms with Gasteiger partial charge in [0.25, 0.3) is 5.91 Å². The van der Waals surface area contributed by atoms with Crippen molar-refractivity contribution in [1.29, 1.82) is 0 Å². The van der Waals surface area contributed by atoms with Gasteiger partial charge >= 0.3 is 0 Å². The Morgan fingerprint density at radius 1 is 1.06 bits per heavy atom. The Bertz CT molecular complexity index is 1370. The van der Waals surface area contributed by atoms with Crippen molar-refractivity contribution >= 4 is 29.1 Å². The summed E-state index contributed by atoms with van der Waals surface area (Å²) in [5.74, 6) is 0.297. The summed E-state index contributed by atoms with van der Waals surface area (Å²) in [6, 6.07) is 21.9. The maximum atomic E-state index is 13.7. The van der Waals surface area contributed by atoms with Crippen molar-refractivity contribution in [3.8, 4) is 11.4 Å². The van der Waals surface area contributed by atoms with Crippen molar-refractivity contribution in [1.82, 2.24) is 14.8 Å². The Kier molecular flexibility index (Phi) is 5.40. The Morgan fingerprint density at radius 3 is 2.55 bits per heavy atom. The molecule has 0 radical (unpaired) electrons. The maximum Gasteiger partial charge on any atom is 0.255 e. The Labute approximate surface area is 194 Å². The minimum atomic E-state index is -0.606. The van der Waals surface area contributed by atoms with E-state index in [4.69, 9.17) is 16.7 Å². The van der Waals surface area contributed by atoms with Gasteiger partial charge in [0.2, 0.25) is 5.95 Å². The molecule has 1 unspecified atom stereocenters. The molecule has 0 bridgehead atoms. The number of hydrogen-bond donors (Lipinski definition) is 2. The number of anilines is 2. The molecule has 0 saturated heterocycles. The number of aromatic nitrogens is 3. The molecule has 0 aliphatic carbocycles. The average Bonchev–Trinajstić information content (AvgIpc) is 3.23. The molecule has 1 aliphatic heterocycles. The normalized spacial score (nSPS) is 15.1. The summed E-state index contributed by atoms with van der Waals surface area (Å²) in [4.78, 5) is 18.0. The number of carbonyl (C=O) groups excluding carboxylic acids is 1. The second-order valence-electron chi connectivity index (χ2n) is 7.65. The van der Waals surface area contributed by atoms with Crippen LogP contribution in [0.1, 0.15) is 18.5 Å². The highest BCUT2D eigenvalue weighted by Crippen LogP contribution is 2.37. The summed E-state index contributed by atoms with van der Waals surface area (Å²) in [6.07, 6.45) is 0. The zero-order valence-electron chi connectivity index (χ0n) is 17.6. The van der Waals surface area contributed by atoms with E-state index < -0.39 is 6.04 Å². The van der Waals surface area contributed by atoms with E-state index in [0.717, 1.165) is 5.56 Å². The highest BCUT2D eigenvalue weighted by atomic mass is 35.5. The van der Waals surface area contributed by atoms with Crippen LogP contribution in [0.3, 0.4) is 0 Å². The predicted octanol–water partition coefficient (Wildman–Crippen LogP) is 5.67. The molecule has 1 atom stereocenters. The molecule has 33 heavy (non-hydrogen) atoms. The molecule has 1 amide bonds. The molecule has 2 heterocycles. The Balaban J connectivity index is 1.61. The lowest BCUT2D eigenvalue weighted by Crippen LogP contribution is -2.31. The summed E-state index contributed by atoms with van der Waals surface area (Å²) in [7, 11) is 0. The number of fused-ring (bicyclic) bond motifs is 1. The van der Waals surface area contributed by atoms with E-state index in [-0.39, 0.29) is 11.7 Å². The first kappa shape index (κ1) is 20.9. The first-order valence-electron chi connectivity index (χ1n) is 10.3. The van der Waals surface area contributed by atoms with Gasteiger partial charge in [-0.3, -0.25) is 4.79 Å². The molecule has 0 fully saturated rings. The van der Waals surface area contributed by atoms with Gasteiger partial charge in [0.15, 0.2) is 5.82 Å². The SMILES string of the molecule is CC1=C(C(=O)Nc2ccccc2)C(c2ccc(F)cc2)n2nc(-c3cccc(Cl)c3)nc2N1. The number of allylic oxidation sites excluding steroid dienone is 1. The van der Waals surface area contributed by atoms with Gasteiger partial charge in [-0.25, -0.2) is 9.07 Å². The van der Waals surface area contributed by atoms with Crippen molar-refractivity contribution in [2.45, 2.75) is 13.0 Å². The van der Waals surface area contributed by atoms with E-state index in [1.165, 1.54) is 12.1 Å². The number of benzene rings is 3. The van der Waals surface area contributed by atoms with Gasteiger partial charge < -0.3 is 10.6 Å². The zero-order valence-corrected chi connectivity index (χ0v) is 18.3. The van der Waals surface area contributed by atoms with Gasteiger partial charge in [0.1, 0.15) is 11.9 Å². The van der Waals surface area contributed by atoms with Crippen LogP contribution in [0.2, 0.25) is 5.02 Å².